The highest BCUT2D eigenvalue weighted by Crippen LogP contribution is 2.09. The van der Waals surface area contributed by atoms with Gasteiger partial charge < -0.3 is 0 Å². The first-order valence-electron chi connectivity index (χ1n) is 2.91. The molecule has 0 unspecified atom stereocenters. The van der Waals surface area contributed by atoms with Crippen molar-refractivity contribution in [3.05, 3.63) is 41.4 Å². The molecule has 0 aliphatic rings. The van der Waals surface area contributed by atoms with Gasteiger partial charge in [0.25, 0.3) is 0 Å². The Kier molecular flexibility index (Phi) is 4.80. The molecule has 0 saturated carbocycles. The summed E-state index contributed by atoms with van der Waals surface area (Å²) in [5.41, 5.74) is 1.10. The molecule has 11 heavy (non-hydrogen) atoms. The van der Waals surface area contributed by atoms with Crippen molar-refractivity contribution in [1.82, 2.24) is 0 Å². The third-order valence-corrected chi connectivity index (χ3v) is 1.36. The molecule has 0 bridgehead atoms. The van der Waals surface area contributed by atoms with E-state index in [2.05, 4.69) is 6.58 Å². The zero-order chi connectivity index (χ0) is 8.69. The van der Waals surface area contributed by atoms with Crippen LogP contribution < -0.4 is 0 Å². The third-order valence-electron chi connectivity index (χ3n) is 1.11. The average Bonchev–Trinajstić information content (AvgIpc) is 2.10. The Morgan fingerprint density at radius 1 is 1.18 bits per heavy atom. The molecule has 0 aromatic heterocycles. The number of rotatable bonds is 1. The van der Waals surface area contributed by atoms with Gasteiger partial charge in [-0.1, -0.05) is 36.4 Å². The van der Waals surface area contributed by atoms with E-state index in [1.54, 1.807) is 6.08 Å². The summed E-state index contributed by atoms with van der Waals surface area (Å²) < 4.78 is 0. The van der Waals surface area contributed by atoms with Crippen LogP contribution in [0.3, 0.4) is 0 Å². The molecule has 0 radical (unpaired) electrons. The van der Waals surface area contributed by atoms with Gasteiger partial charge in [0, 0.05) is 15.8 Å². The zero-order valence-corrected chi connectivity index (χ0v) is 6.62. The molecule has 56 valence electrons. The Balaban J connectivity index is 0.000000461. The van der Waals surface area contributed by atoms with Crippen LogP contribution in [0.25, 0.3) is 6.08 Å². The first-order valence-corrected chi connectivity index (χ1v) is 3.29. The highest BCUT2D eigenvalue weighted by molar-refractivity contribution is 6.30. The summed E-state index contributed by atoms with van der Waals surface area (Å²) in [7, 11) is 0. The molecule has 1 aromatic carbocycles. The van der Waals surface area contributed by atoms with Gasteiger partial charge in [0.05, 0.1) is 0 Å². The second-order valence-corrected chi connectivity index (χ2v) is 2.19. The number of hydrogen-bond donors (Lipinski definition) is 0. The Morgan fingerprint density at radius 3 is 2.00 bits per heavy atom. The second-order valence-electron chi connectivity index (χ2n) is 1.76. The average molecular weight is 167 g/mol. The third kappa shape index (κ3) is 3.39. The van der Waals surface area contributed by atoms with Crippen molar-refractivity contribution in [2.24, 2.45) is 0 Å². The van der Waals surface area contributed by atoms with Crippen LogP contribution in [0.2, 0.25) is 5.02 Å². The monoisotopic (exact) mass is 166 g/mol. The maximum absolute atomic E-state index is 6.00. The van der Waals surface area contributed by atoms with E-state index in [4.69, 9.17) is 22.4 Å². The van der Waals surface area contributed by atoms with Crippen molar-refractivity contribution >= 4 is 17.7 Å². The highest BCUT2D eigenvalue weighted by Gasteiger charge is 1.84. The van der Waals surface area contributed by atoms with Gasteiger partial charge in [-0.05, 0) is 17.7 Å². The Bertz CT molecular complexity index is 238. The lowest BCUT2D eigenvalue weighted by atomic mass is 10.2. The van der Waals surface area contributed by atoms with E-state index in [-0.39, 0.29) is 0 Å². The van der Waals surface area contributed by atoms with E-state index in [1.807, 2.05) is 24.3 Å². The Hall–Kier alpha value is -1.33. The van der Waals surface area contributed by atoms with Crippen molar-refractivity contribution in [2.45, 2.75) is 0 Å². The SMILES string of the molecule is C=Cc1ccc(Cl)cc1.N#N. The summed E-state index contributed by atoms with van der Waals surface area (Å²) in [6.45, 7) is 3.62. The molecule has 3 heteroatoms. The van der Waals surface area contributed by atoms with E-state index in [0.717, 1.165) is 10.6 Å². The van der Waals surface area contributed by atoms with Crippen molar-refractivity contribution in [2.75, 3.05) is 0 Å². The lowest BCUT2D eigenvalue weighted by molar-refractivity contribution is 1.15. The van der Waals surface area contributed by atoms with Gasteiger partial charge in [0.1, 0.15) is 0 Å². The van der Waals surface area contributed by atoms with Crippen molar-refractivity contribution in [1.29, 1.82) is 10.8 Å². The van der Waals surface area contributed by atoms with Crippen LogP contribution >= 0.6 is 11.6 Å². The summed E-state index contributed by atoms with van der Waals surface area (Å²) in [6.07, 6.45) is 1.79. The summed E-state index contributed by atoms with van der Waals surface area (Å²) in [5, 5.41) is 12.8. The number of benzene rings is 1. The normalized spacial score (nSPS) is 7.55. The molecule has 0 aliphatic carbocycles. The minimum Gasteiger partial charge on any atom is -0.0985 e. The topological polar surface area (TPSA) is 47.6 Å². The van der Waals surface area contributed by atoms with E-state index in [9.17, 15) is 0 Å². The smallest absolute Gasteiger partial charge is 0.0406 e. The summed E-state index contributed by atoms with van der Waals surface area (Å²) in [6, 6.07) is 7.54. The zero-order valence-electron chi connectivity index (χ0n) is 5.87. The molecule has 0 saturated heterocycles. The van der Waals surface area contributed by atoms with Gasteiger partial charge in [-0.3, -0.25) is 0 Å². The fourth-order valence-corrected chi connectivity index (χ4v) is 0.725. The first-order chi connectivity index (χ1) is 5.33. The molecule has 0 amide bonds. The fourth-order valence-electron chi connectivity index (χ4n) is 0.599. The first kappa shape index (κ1) is 9.67. The number of halogens is 1. The van der Waals surface area contributed by atoms with Gasteiger partial charge in [0.15, 0.2) is 0 Å². The van der Waals surface area contributed by atoms with E-state index < -0.39 is 0 Å². The van der Waals surface area contributed by atoms with E-state index in [0.29, 0.717) is 0 Å². The largest absolute Gasteiger partial charge is 0.0985 e. The van der Waals surface area contributed by atoms with Crippen LogP contribution in [0.4, 0.5) is 0 Å². The minimum atomic E-state index is 0.764. The van der Waals surface area contributed by atoms with Crippen LogP contribution in [0.1, 0.15) is 5.56 Å². The van der Waals surface area contributed by atoms with Crippen LogP contribution in [-0.2, 0) is 0 Å². The molecule has 0 aliphatic heterocycles. The molecule has 0 spiro atoms. The van der Waals surface area contributed by atoms with Gasteiger partial charge in [-0.2, -0.15) is 0 Å². The summed E-state index contributed by atoms with van der Waals surface area (Å²) in [4.78, 5) is 0. The maximum atomic E-state index is 6.00. The molecule has 0 heterocycles. The lowest BCUT2D eigenvalue weighted by Gasteiger charge is -1.89. The molecule has 0 N–H and O–H groups in total. The predicted octanol–water partition coefficient (Wildman–Crippen LogP) is 3.01. The minimum absolute atomic E-state index is 0.764. The lowest BCUT2D eigenvalue weighted by Crippen LogP contribution is -1.67. The fraction of sp³-hybridized carbons (Fsp3) is 0. The standard InChI is InChI=1S/C8H7Cl.N2/c1-2-7-3-5-8(9)6-4-7;1-2/h2-6H,1H2;. The van der Waals surface area contributed by atoms with Crippen LogP contribution in [0.5, 0.6) is 0 Å². The molecular formula is C8H7ClN2. The Morgan fingerprint density at radius 2 is 1.64 bits per heavy atom. The van der Waals surface area contributed by atoms with Crippen molar-refractivity contribution in [3.8, 4) is 0 Å². The number of nitrogens with zero attached hydrogens (tertiary/aromatic N) is 2. The van der Waals surface area contributed by atoms with Gasteiger partial charge in [0.2, 0.25) is 0 Å². The molecule has 0 fully saturated rings. The summed E-state index contributed by atoms with van der Waals surface area (Å²) in [5.74, 6) is 0. The van der Waals surface area contributed by atoms with Gasteiger partial charge >= 0.3 is 0 Å². The molecule has 1 rings (SSSR count). The number of hydrogen-bond acceptors (Lipinski definition) is 2. The second kappa shape index (κ2) is 5.45. The quantitative estimate of drug-likeness (QED) is 0.602. The molecule has 2 nitrogen and oxygen atoms in total. The maximum Gasteiger partial charge on any atom is 0.0406 e. The van der Waals surface area contributed by atoms with E-state index >= 15 is 0 Å². The molecule has 1 aromatic rings. The molecule has 0 atom stereocenters. The van der Waals surface area contributed by atoms with Crippen molar-refractivity contribution in [3.63, 3.8) is 0 Å². The highest BCUT2D eigenvalue weighted by atomic mass is 35.5. The Labute approximate surface area is 70.5 Å². The van der Waals surface area contributed by atoms with Crippen LogP contribution in [0, 0.1) is 10.8 Å². The van der Waals surface area contributed by atoms with E-state index in [1.165, 1.54) is 0 Å². The summed E-state index contributed by atoms with van der Waals surface area (Å²) >= 11 is 5.63. The van der Waals surface area contributed by atoms with Crippen LogP contribution in [0.15, 0.2) is 30.8 Å². The van der Waals surface area contributed by atoms with Crippen molar-refractivity contribution < 1.29 is 0 Å². The van der Waals surface area contributed by atoms with Gasteiger partial charge in [-0.15, -0.1) is 0 Å². The molecular weight excluding hydrogens is 160 g/mol. The van der Waals surface area contributed by atoms with Gasteiger partial charge in [-0.25, -0.2) is 0 Å². The predicted molar refractivity (Wildman–Crippen MR) is 45.0 cm³/mol. The van der Waals surface area contributed by atoms with Crippen LogP contribution in [-0.4, -0.2) is 0 Å².